The largest absolute Gasteiger partial charge is 0.505 e. The van der Waals surface area contributed by atoms with Crippen LogP contribution in [0.3, 0.4) is 0 Å². The number of carboxylic acid groups (broad SMARTS) is 1. The number of aliphatic carboxylic acids is 1. The average molecular weight is 475 g/mol. The first-order valence-corrected chi connectivity index (χ1v) is 11.3. The number of carbonyl (C=O) groups excluding carboxylic acids is 2. The van der Waals surface area contributed by atoms with Gasteiger partial charge in [-0.05, 0) is 47.2 Å². The number of ether oxygens (including phenoxy) is 1. The number of rotatable bonds is 8. The van der Waals surface area contributed by atoms with Crippen LogP contribution in [-0.4, -0.2) is 40.8 Å². The summed E-state index contributed by atoms with van der Waals surface area (Å²) < 4.78 is 5.49. The molecule has 1 aliphatic rings. The predicted molar refractivity (Wildman–Crippen MR) is 130 cm³/mol. The third-order valence-electron chi connectivity index (χ3n) is 6.09. The van der Waals surface area contributed by atoms with Gasteiger partial charge < -0.3 is 25.6 Å². The van der Waals surface area contributed by atoms with Gasteiger partial charge in [0.25, 0.3) is 0 Å². The minimum absolute atomic E-state index is 0.0613. The van der Waals surface area contributed by atoms with E-state index in [0.29, 0.717) is 5.56 Å². The van der Waals surface area contributed by atoms with E-state index in [4.69, 9.17) is 9.84 Å². The lowest BCUT2D eigenvalue weighted by Crippen LogP contribution is -2.44. The van der Waals surface area contributed by atoms with Gasteiger partial charge >= 0.3 is 12.1 Å². The molecule has 0 saturated heterocycles. The van der Waals surface area contributed by atoms with Crippen molar-refractivity contribution in [2.75, 3.05) is 11.9 Å². The van der Waals surface area contributed by atoms with Crippen molar-refractivity contribution in [1.29, 1.82) is 0 Å². The van der Waals surface area contributed by atoms with Crippen LogP contribution < -0.4 is 10.6 Å². The highest BCUT2D eigenvalue weighted by Gasteiger charge is 2.30. The Bertz CT molecular complexity index is 1230. The van der Waals surface area contributed by atoms with Crippen LogP contribution in [0.25, 0.3) is 11.1 Å². The average Bonchev–Trinajstić information content (AvgIpc) is 3.17. The number of amides is 2. The number of hydrogen-bond donors (Lipinski definition) is 4. The second-order valence-electron chi connectivity index (χ2n) is 8.42. The van der Waals surface area contributed by atoms with E-state index in [1.807, 2.05) is 48.5 Å². The van der Waals surface area contributed by atoms with Crippen LogP contribution in [0.15, 0.2) is 66.7 Å². The molecular weight excluding hydrogens is 448 g/mol. The molecule has 1 atom stereocenters. The molecule has 8 heteroatoms. The molecule has 0 fully saturated rings. The molecule has 0 heterocycles. The van der Waals surface area contributed by atoms with E-state index in [1.165, 1.54) is 6.07 Å². The lowest BCUT2D eigenvalue weighted by molar-refractivity contribution is -0.137. The van der Waals surface area contributed by atoms with Crippen LogP contribution in [0, 0.1) is 6.92 Å². The second-order valence-corrected chi connectivity index (χ2v) is 8.42. The second kappa shape index (κ2) is 10.3. The van der Waals surface area contributed by atoms with Crippen molar-refractivity contribution < 1.29 is 29.3 Å². The SMILES string of the molecule is Cc1cccc(NC(=O)C(CCC(=O)O)NC(=O)OCC2c3ccccc3-c3ccccc32)c1O. The lowest BCUT2D eigenvalue weighted by atomic mass is 9.98. The van der Waals surface area contributed by atoms with E-state index < -0.39 is 24.0 Å². The zero-order valence-electron chi connectivity index (χ0n) is 19.2. The smallest absolute Gasteiger partial charge is 0.407 e. The summed E-state index contributed by atoms with van der Waals surface area (Å²) in [4.78, 5) is 36.6. The van der Waals surface area contributed by atoms with Gasteiger partial charge in [-0.25, -0.2) is 4.79 Å². The summed E-state index contributed by atoms with van der Waals surface area (Å²) in [5.74, 6) is -2.00. The minimum Gasteiger partial charge on any atom is -0.505 e. The van der Waals surface area contributed by atoms with E-state index >= 15 is 0 Å². The van der Waals surface area contributed by atoms with E-state index in [0.717, 1.165) is 22.3 Å². The third-order valence-corrected chi connectivity index (χ3v) is 6.09. The van der Waals surface area contributed by atoms with Gasteiger partial charge in [0.2, 0.25) is 5.91 Å². The van der Waals surface area contributed by atoms with Gasteiger partial charge in [-0.15, -0.1) is 0 Å². The Labute approximate surface area is 202 Å². The Morgan fingerprint density at radius 1 is 0.943 bits per heavy atom. The highest BCUT2D eigenvalue weighted by molar-refractivity contribution is 5.98. The fraction of sp³-hybridized carbons (Fsp3) is 0.222. The number of aromatic hydroxyl groups is 1. The fourth-order valence-corrected chi connectivity index (χ4v) is 4.30. The number of phenolic OH excluding ortho intramolecular Hbond substituents is 1. The van der Waals surface area contributed by atoms with Crippen LogP contribution in [-0.2, 0) is 14.3 Å². The van der Waals surface area contributed by atoms with Crippen LogP contribution in [0.5, 0.6) is 5.75 Å². The summed E-state index contributed by atoms with van der Waals surface area (Å²) in [6.45, 7) is 1.74. The molecule has 1 unspecified atom stereocenters. The summed E-state index contributed by atoms with van der Waals surface area (Å²) in [7, 11) is 0. The van der Waals surface area contributed by atoms with Crippen LogP contribution in [0.1, 0.15) is 35.4 Å². The number of para-hydroxylation sites is 1. The van der Waals surface area contributed by atoms with Gasteiger partial charge in [-0.2, -0.15) is 0 Å². The summed E-state index contributed by atoms with van der Waals surface area (Å²) in [5.41, 5.74) is 5.02. The van der Waals surface area contributed by atoms with E-state index in [1.54, 1.807) is 19.1 Å². The maximum atomic E-state index is 12.8. The quantitative estimate of drug-likeness (QED) is 0.359. The fourth-order valence-electron chi connectivity index (χ4n) is 4.30. The molecule has 0 radical (unpaired) electrons. The number of hydrogen-bond acceptors (Lipinski definition) is 5. The maximum Gasteiger partial charge on any atom is 0.407 e. The van der Waals surface area contributed by atoms with Crippen molar-refractivity contribution in [1.82, 2.24) is 5.32 Å². The molecule has 0 saturated carbocycles. The highest BCUT2D eigenvalue weighted by atomic mass is 16.5. The van der Waals surface area contributed by atoms with E-state index in [9.17, 15) is 19.5 Å². The van der Waals surface area contributed by atoms with Gasteiger partial charge in [0, 0.05) is 12.3 Å². The summed E-state index contributed by atoms with van der Waals surface area (Å²) in [6, 6.07) is 19.5. The Hall–Kier alpha value is -4.33. The first-order chi connectivity index (χ1) is 16.8. The third kappa shape index (κ3) is 5.27. The molecule has 0 aliphatic heterocycles. The predicted octanol–water partition coefficient (Wildman–Crippen LogP) is 4.41. The van der Waals surface area contributed by atoms with Crippen molar-refractivity contribution in [3.63, 3.8) is 0 Å². The number of nitrogens with one attached hydrogen (secondary N) is 2. The van der Waals surface area contributed by atoms with Crippen LogP contribution in [0.4, 0.5) is 10.5 Å². The van der Waals surface area contributed by atoms with E-state index in [2.05, 4.69) is 10.6 Å². The molecule has 3 aromatic carbocycles. The highest BCUT2D eigenvalue weighted by Crippen LogP contribution is 2.44. The number of anilines is 1. The normalized spacial score (nSPS) is 12.8. The summed E-state index contributed by atoms with van der Waals surface area (Å²) in [6.07, 6.45) is -1.30. The van der Waals surface area contributed by atoms with E-state index in [-0.39, 0.29) is 36.8 Å². The minimum atomic E-state index is -1.17. The molecule has 8 nitrogen and oxygen atoms in total. The number of fused-ring (bicyclic) bond motifs is 3. The topological polar surface area (TPSA) is 125 Å². The Morgan fingerprint density at radius 3 is 2.20 bits per heavy atom. The van der Waals surface area contributed by atoms with Crippen LogP contribution in [0.2, 0.25) is 0 Å². The van der Waals surface area contributed by atoms with Crippen molar-refractivity contribution in [3.8, 4) is 16.9 Å². The molecular formula is C27H26N2O6. The zero-order chi connectivity index (χ0) is 24.9. The Balaban J connectivity index is 1.44. The van der Waals surface area contributed by atoms with Gasteiger partial charge in [0.15, 0.2) is 0 Å². The van der Waals surface area contributed by atoms with Gasteiger partial charge in [-0.3, -0.25) is 9.59 Å². The van der Waals surface area contributed by atoms with Crippen molar-refractivity contribution >= 4 is 23.7 Å². The van der Waals surface area contributed by atoms with Crippen molar-refractivity contribution in [2.45, 2.75) is 31.7 Å². The molecule has 180 valence electrons. The first kappa shape index (κ1) is 23.8. The number of phenols is 1. The molecule has 0 bridgehead atoms. The number of alkyl carbamates (subject to hydrolysis) is 1. The Morgan fingerprint density at radius 2 is 1.57 bits per heavy atom. The molecule has 35 heavy (non-hydrogen) atoms. The molecule has 1 aliphatic carbocycles. The molecule has 2 amide bonds. The van der Waals surface area contributed by atoms with Crippen LogP contribution >= 0.6 is 0 Å². The van der Waals surface area contributed by atoms with Crippen molar-refractivity contribution in [2.24, 2.45) is 0 Å². The number of carbonyl (C=O) groups is 3. The molecule has 3 aromatic rings. The zero-order valence-corrected chi connectivity index (χ0v) is 19.2. The molecule has 0 spiro atoms. The number of aryl methyl sites for hydroxylation is 1. The van der Waals surface area contributed by atoms with Gasteiger partial charge in [0.1, 0.15) is 18.4 Å². The lowest BCUT2D eigenvalue weighted by Gasteiger charge is -2.20. The number of carboxylic acids is 1. The van der Waals surface area contributed by atoms with Crippen molar-refractivity contribution in [3.05, 3.63) is 83.4 Å². The molecule has 4 rings (SSSR count). The maximum absolute atomic E-state index is 12.8. The summed E-state index contributed by atoms with van der Waals surface area (Å²) in [5, 5.41) is 24.3. The Kier molecular flexibility index (Phi) is 7.01. The first-order valence-electron chi connectivity index (χ1n) is 11.3. The van der Waals surface area contributed by atoms with Gasteiger partial charge in [0.05, 0.1) is 5.69 Å². The standard InChI is InChI=1S/C27H26N2O6/c1-16-7-6-12-22(25(16)32)28-26(33)23(13-14-24(30)31)29-27(34)35-15-21-19-10-4-2-8-17(19)18-9-3-5-11-20(18)21/h2-12,21,23,32H,13-15H2,1H3,(H,28,33)(H,29,34)(H,30,31). The summed E-state index contributed by atoms with van der Waals surface area (Å²) >= 11 is 0. The molecule has 4 N–H and O–H groups in total. The monoisotopic (exact) mass is 474 g/mol. The molecule has 0 aromatic heterocycles. The van der Waals surface area contributed by atoms with Gasteiger partial charge in [-0.1, -0.05) is 60.7 Å². The number of benzene rings is 3.